The second-order valence-corrected chi connectivity index (χ2v) is 31.2. The van der Waals surface area contributed by atoms with Crippen LogP contribution in [0.4, 0.5) is 0 Å². The van der Waals surface area contributed by atoms with Crippen molar-refractivity contribution in [3.8, 4) is 0 Å². The van der Waals surface area contributed by atoms with Crippen LogP contribution in [0, 0.1) is 43.3 Å². The standard InChI is InChI=1S/C60H102O19/c1-53(2,3)25-37(61)69-33-35-45(73-39(63)27-55(7,8)9)47(74-40(64)28-56(10,11)12)50(77-43(67)31-59(19,20)21)52(72-35)79-46-36(34-70-38(62)26-54(4,5)6)71-51(78-44(68)32-60(22,23)24)49(76-42(66)30-58(16,17)18)48(46)75-41(65)29-57(13,14)15/h35-36,45-52H,25-34H2,1-24H3/t35-,36-,45+,46-,47+,48+,49-,50-,51-,52+/m1/s1. The van der Waals surface area contributed by atoms with Crippen molar-refractivity contribution in [1.29, 1.82) is 0 Å². The molecule has 0 aromatic rings. The molecule has 2 saturated heterocycles. The Bertz CT molecular complexity index is 2070. The van der Waals surface area contributed by atoms with Crippen molar-refractivity contribution < 1.29 is 90.5 Å². The van der Waals surface area contributed by atoms with Crippen molar-refractivity contribution in [2.24, 2.45) is 43.3 Å². The van der Waals surface area contributed by atoms with E-state index in [1.807, 2.05) is 83.1 Å². The predicted octanol–water partition coefficient (Wildman–Crippen LogP) is 10.5. The third-order valence-electron chi connectivity index (χ3n) is 11.3. The van der Waals surface area contributed by atoms with Crippen LogP contribution >= 0.6 is 0 Å². The summed E-state index contributed by atoms with van der Waals surface area (Å²) >= 11 is 0. The summed E-state index contributed by atoms with van der Waals surface area (Å²) in [5, 5.41) is 0. The van der Waals surface area contributed by atoms with Crippen LogP contribution < -0.4 is 0 Å². The van der Waals surface area contributed by atoms with Crippen molar-refractivity contribution in [1.82, 2.24) is 0 Å². The molecule has 19 heteroatoms. The Morgan fingerprint density at radius 2 is 0.481 bits per heavy atom. The van der Waals surface area contributed by atoms with Gasteiger partial charge in [0.1, 0.15) is 31.5 Å². The molecule has 10 atom stereocenters. The van der Waals surface area contributed by atoms with Crippen molar-refractivity contribution >= 4 is 47.8 Å². The van der Waals surface area contributed by atoms with Crippen LogP contribution in [0.25, 0.3) is 0 Å². The highest BCUT2D eigenvalue weighted by Gasteiger charge is 2.59. The molecule has 2 aliphatic rings. The smallest absolute Gasteiger partial charge is 0.308 e. The van der Waals surface area contributed by atoms with E-state index in [1.165, 1.54) is 0 Å². The van der Waals surface area contributed by atoms with Crippen molar-refractivity contribution in [3.63, 3.8) is 0 Å². The van der Waals surface area contributed by atoms with Gasteiger partial charge in [0.05, 0.1) is 51.4 Å². The van der Waals surface area contributed by atoms with Crippen LogP contribution in [0.5, 0.6) is 0 Å². The fraction of sp³-hybridized carbons (Fsp3) is 0.867. The van der Waals surface area contributed by atoms with Gasteiger partial charge in [0.15, 0.2) is 30.7 Å². The Hall–Kier alpha value is -4.36. The number of carbonyl (C=O) groups is 8. The largest absolute Gasteiger partial charge is 0.463 e. The van der Waals surface area contributed by atoms with Gasteiger partial charge in [-0.3, -0.25) is 38.4 Å². The molecule has 0 aromatic heterocycles. The van der Waals surface area contributed by atoms with Crippen LogP contribution in [0.3, 0.4) is 0 Å². The van der Waals surface area contributed by atoms with Gasteiger partial charge in [0, 0.05) is 0 Å². The Morgan fingerprint density at radius 1 is 0.266 bits per heavy atom. The molecular formula is C60H102O19. The summed E-state index contributed by atoms with van der Waals surface area (Å²) in [6, 6.07) is 0. The molecular weight excluding hydrogens is 1020 g/mol. The first-order valence-electron chi connectivity index (χ1n) is 27.8. The van der Waals surface area contributed by atoms with Gasteiger partial charge in [-0.1, -0.05) is 166 Å². The number of rotatable bonds is 20. The van der Waals surface area contributed by atoms with Crippen LogP contribution in [-0.4, -0.2) is 122 Å². The molecule has 0 bridgehead atoms. The molecule has 0 amide bonds. The van der Waals surface area contributed by atoms with E-state index in [-0.39, 0.29) is 51.4 Å². The Balaban J connectivity index is 3.25. The maximum Gasteiger partial charge on any atom is 0.308 e. The van der Waals surface area contributed by atoms with Crippen LogP contribution in [0.2, 0.25) is 0 Å². The molecule has 0 radical (unpaired) electrons. The highest BCUT2D eigenvalue weighted by Crippen LogP contribution is 2.39. The van der Waals surface area contributed by atoms with Gasteiger partial charge in [0.2, 0.25) is 12.4 Å². The molecule has 0 saturated carbocycles. The van der Waals surface area contributed by atoms with Gasteiger partial charge in [-0.2, -0.15) is 0 Å². The quantitative estimate of drug-likeness (QED) is 0.0813. The minimum absolute atomic E-state index is 0.0430. The summed E-state index contributed by atoms with van der Waals surface area (Å²) in [6.07, 6.45) is -18.4. The van der Waals surface area contributed by atoms with E-state index < -0.39 is 166 Å². The topological polar surface area (TPSA) is 238 Å². The first kappa shape index (κ1) is 70.7. The van der Waals surface area contributed by atoms with E-state index in [2.05, 4.69) is 0 Å². The van der Waals surface area contributed by atoms with Gasteiger partial charge < -0.3 is 52.1 Å². The summed E-state index contributed by atoms with van der Waals surface area (Å²) in [5.74, 6) is -6.05. The number of ether oxygens (including phenoxy) is 11. The van der Waals surface area contributed by atoms with Gasteiger partial charge in [0.25, 0.3) is 0 Å². The Morgan fingerprint density at radius 3 is 0.785 bits per heavy atom. The number of carbonyl (C=O) groups excluding carboxylic acids is 8. The highest BCUT2D eigenvalue weighted by atomic mass is 16.8. The summed E-state index contributed by atoms with van der Waals surface area (Å²) < 4.78 is 69.4. The summed E-state index contributed by atoms with van der Waals surface area (Å²) in [4.78, 5) is 112. The fourth-order valence-corrected chi connectivity index (χ4v) is 8.26. The molecule has 2 rings (SSSR count). The van der Waals surface area contributed by atoms with Crippen molar-refractivity contribution in [3.05, 3.63) is 0 Å². The zero-order valence-corrected chi connectivity index (χ0v) is 52.6. The minimum Gasteiger partial charge on any atom is -0.463 e. The summed E-state index contributed by atoms with van der Waals surface area (Å²) in [6.45, 7) is 42.3. The molecule has 0 aliphatic carbocycles. The first-order valence-corrected chi connectivity index (χ1v) is 27.8. The maximum absolute atomic E-state index is 14.3. The van der Waals surface area contributed by atoms with Crippen LogP contribution in [0.1, 0.15) is 218 Å². The second-order valence-electron chi connectivity index (χ2n) is 31.2. The second kappa shape index (κ2) is 27.6. The zero-order chi connectivity index (χ0) is 61.2. The lowest BCUT2D eigenvalue weighted by Gasteiger charge is -2.49. The minimum atomic E-state index is -1.93. The normalized spacial score (nSPS) is 24.6. The molecule has 79 heavy (non-hydrogen) atoms. The molecule has 2 fully saturated rings. The average molecular weight is 1130 g/mol. The maximum atomic E-state index is 14.3. The Labute approximate surface area is 472 Å². The van der Waals surface area contributed by atoms with Gasteiger partial charge in [-0.15, -0.1) is 0 Å². The van der Waals surface area contributed by atoms with E-state index in [4.69, 9.17) is 52.1 Å². The van der Waals surface area contributed by atoms with E-state index >= 15 is 0 Å². The predicted molar refractivity (Wildman–Crippen MR) is 292 cm³/mol. The lowest BCUT2D eigenvalue weighted by molar-refractivity contribution is -0.358. The molecule has 0 spiro atoms. The van der Waals surface area contributed by atoms with E-state index in [0.29, 0.717) is 0 Å². The van der Waals surface area contributed by atoms with E-state index in [0.717, 1.165) is 0 Å². The number of hydrogen-bond donors (Lipinski definition) is 0. The average Bonchev–Trinajstić information content (AvgIpc) is 3.15. The summed E-state index contributed by atoms with van der Waals surface area (Å²) in [5.41, 5.74) is -4.90. The fourth-order valence-electron chi connectivity index (χ4n) is 8.26. The molecule has 0 N–H and O–H groups in total. The third-order valence-corrected chi connectivity index (χ3v) is 11.3. The molecule has 2 aliphatic heterocycles. The van der Waals surface area contributed by atoms with Gasteiger partial charge in [-0.05, 0) is 43.3 Å². The lowest BCUT2D eigenvalue weighted by atomic mass is 9.91. The van der Waals surface area contributed by atoms with Crippen LogP contribution in [0.15, 0.2) is 0 Å². The molecule has 456 valence electrons. The SMILES string of the molecule is CC(C)(C)CC(=O)OC[C@H]1O[C@@H](O[C@H]2[C@H](OC(=O)CC(C)(C)C)[C@@H](OC(=O)CC(C)(C)C)[C@@H](OC(=O)CC(C)(C)C)O[C@@H]2COC(=O)CC(C)(C)C)[C@H](OC(=O)CC(C)(C)C)[C@@H](OC(=O)CC(C)(C)C)[C@H]1OC(=O)CC(C)(C)C. The highest BCUT2D eigenvalue weighted by molar-refractivity contribution is 5.74. The molecule has 0 unspecified atom stereocenters. The third kappa shape index (κ3) is 29.3. The number of esters is 8. The summed E-state index contributed by atoms with van der Waals surface area (Å²) in [7, 11) is 0. The van der Waals surface area contributed by atoms with Crippen molar-refractivity contribution in [2.75, 3.05) is 13.2 Å². The van der Waals surface area contributed by atoms with E-state index in [1.54, 1.807) is 83.1 Å². The molecule has 19 nitrogen and oxygen atoms in total. The number of hydrogen-bond acceptors (Lipinski definition) is 19. The molecule has 0 aromatic carbocycles. The lowest BCUT2D eigenvalue weighted by Crippen LogP contribution is -2.67. The van der Waals surface area contributed by atoms with Crippen molar-refractivity contribution in [2.45, 2.75) is 279 Å². The monoisotopic (exact) mass is 1130 g/mol. The van der Waals surface area contributed by atoms with Gasteiger partial charge >= 0.3 is 47.8 Å². The van der Waals surface area contributed by atoms with Gasteiger partial charge in [-0.25, -0.2) is 0 Å². The zero-order valence-electron chi connectivity index (χ0n) is 52.6. The van der Waals surface area contributed by atoms with Crippen LogP contribution in [-0.2, 0) is 90.5 Å². The Kier molecular flexibility index (Phi) is 24.7. The first-order chi connectivity index (χ1) is 35.4. The molecule has 2 heterocycles. The van der Waals surface area contributed by atoms with E-state index in [9.17, 15) is 38.4 Å².